The predicted octanol–water partition coefficient (Wildman–Crippen LogP) is 3.02. The van der Waals surface area contributed by atoms with E-state index in [1.807, 2.05) is 0 Å². The van der Waals surface area contributed by atoms with Gasteiger partial charge in [-0.2, -0.15) is 5.26 Å². The van der Waals surface area contributed by atoms with Crippen molar-refractivity contribution in [2.24, 2.45) is 0 Å². The Morgan fingerprint density at radius 2 is 1.80 bits per heavy atom. The number of para-hydroxylation sites is 1. The van der Waals surface area contributed by atoms with Crippen molar-refractivity contribution in [2.75, 3.05) is 5.32 Å². The van der Waals surface area contributed by atoms with Gasteiger partial charge in [0, 0.05) is 16.9 Å². The summed E-state index contributed by atoms with van der Waals surface area (Å²) < 4.78 is 0. The van der Waals surface area contributed by atoms with Crippen LogP contribution in [0.3, 0.4) is 0 Å². The van der Waals surface area contributed by atoms with E-state index in [-0.39, 0.29) is 11.3 Å². The highest BCUT2D eigenvalue weighted by Crippen LogP contribution is 2.21. The van der Waals surface area contributed by atoms with Gasteiger partial charge in [0.2, 0.25) is 0 Å². The van der Waals surface area contributed by atoms with E-state index in [1.54, 1.807) is 42.5 Å². The van der Waals surface area contributed by atoms with Crippen LogP contribution < -0.4 is 5.32 Å². The second-order valence-corrected chi connectivity index (χ2v) is 4.04. The first kappa shape index (κ1) is 13.3. The minimum Gasteiger partial charge on any atom is -0.478 e. The molecule has 0 spiro atoms. The Labute approximate surface area is 115 Å². The van der Waals surface area contributed by atoms with Crippen molar-refractivity contribution in [3.05, 3.63) is 59.7 Å². The van der Waals surface area contributed by atoms with Gasteiger partial charge in [-0.25, -0.2) is 4.79 Å². The van der Waals surface area contributed by atoms with Crippen LogP contribution in [0.1, 0.15) is 15.9 Å². The topological polar surface area (TPSA) is 97.0 Å². The summed E-state index contributed by atoms with van der Waals surface area (Å²) >= 11 is 0. The maximum atomic E-state index is 10.8. The van der Waals surface area contributed by atoms with E-state index in [2.05, 4.69) is 5.32 Å². The van der Waals surface area contributed by atoms with Crippen LogP contribution in [0, 0.1) is 16.7 Å². The number of nitriles is 1. The summed E-state index contributed by atoms with van der Waals surface area (Å²) in [6, 6.07) is 15.0. The van der Waals surface area contributed by atoms with Crippen molar-refractivity contribution in [3.8, 4) is 6.07 Å². The number of carbonyl (C=O) groups is 1. The maximum Gasteiger partial charge on any atom is 0.335 e. The summed E-state index contributed by atoms with van der Waals surface area (Å²) in [7, 11) is 0. The van der Waals surface area contributed by atoms with Gasteiger partial charge in [-0.3, -0.25) is 5.41 Å². The predicted molar refractivity (Wildman–Crippen MR) is 75.6 cm³/mol. The summed E-state index contributed by atoms with van der Waals surface area (Å²) in [6.45, 7) is 0. The van der Waals surface area contributed by atoms with Gasteiger partial charge in [0.15, 0.2) is 0 Å². The van der Waals surface area contributed by atoms with Gasteiger partial charge in [0.05, 0.1) is 5.56 Å². The molecule has 5 nitrogen and oxygen atoms in total. The number of carboxylic acids is 1. The fourth-order valence-corrected chi connectivity index (χ4v) is 1.72. The molecule has 0 fully saturated rings. The molecule has 0 bridgehead atoms. The van der Waals surface area contributed by atoms with E-state index in [4.69, 9.17) is 15.8 Å². The van der Waals surface area contributed by atoms with Gasteiger partial charge in [-0.05, 0) is 36.4 Å². The standard InChI is InChI=1S/C15H11N3O2/c16-9-13(17)12-3-1-2-4-14(12)18-11-7-5-10(6-8-11)15(19)20/h1-8,17-18H,(H,19,20). The van der Waals surface area contributed by atoms with Crippen LogP contribution in [-0.4, -0.2) is 16.8 Å². The van der Waals surface area contributed by atoms with Crippen molar-refractivity contribution in [2.45, 2.75) is 0 Å². The number of anilines is 2. The molecule has 0 saturated heterocycles. The summed E-state index contributed by atoms with van der Waals surface area (Å²) in [4.78, 5) is 10.8. The third-order valence-electron chi connectivity index (χ3n) is 2.72. The van der Waals surface area contributed by atoms with E-state index < -0.39 is 5.97 Å². The SMILES string of the molecule is N#CC(=N)c1ccccc1Nc1ccc(C(=O)O)cc1. The van der Waals surface area contributed by atoms with Gasteiger partial charge < -0.3 is 10.4 Å². The zero-order valence-electron chi connectivity index (χ0n) is 10.4. The van der Waals surface area contributed by atoms with Crippen LogP contribution in [0.4, 0.5) is 11.4 Å². The van der Waals surface area contributed by atoms with E-state index >= 15 is 0 Å². The molecule has 2 aromatic rings. The highest BCUT2D eigenvalue weighted by Gasteiger charge is 2.07. The number of nitrogens with zero attached hydrogens (tertiary/aromatic N) is 1. The van der Waals surface area contributed by atoms with Crippen molar-refractivity contribution in [1.29, 1.82) is 10.7 Å². The molecule has 5 heteroatoms. The summed E-state index contributed by atoms with van der Waals surface area (Å²) in [5, 5.41) is 28.3. The quantitative estimate of drug-likeness (QED) is 0.740. The van der Waals surface area contributed by atoms with E-state index in [0.29, 0.717) is 16.9 Å². The van der Waals surface area contributed by atoms with E-state index in [1.165, 1.54) is 12.1 Å². The number of rotatable bonds is 4. The Balaban J connectivity index is 2.29. The molecule has 3 N–H and O–H groups in total. The van der Waals surface area contributed by atoms with Gasteiger partial charge in [-0.15, -0.1) is 0 Å². The van der Waals surface area contributed by atoms with Gasteiger partial charge in [-0.1, -0.05) is 12.1 Å². The number of hydrogen-bond acceptors (Lipinski definition) is 4. The summed E-state index contributed by atoms with van der Waals surface area (Å²) in [5.74, 6) is -0.983. The molecule has 0 heterocycles. The smallest absolute Gasteiger partial charge is 0.335 e. The lowest BCUT2D eigenvalue weighted by Crippen LogP contribution is -2.02. The molecule has 0 amide bonds. The van der Waals surface area contributed by atoms with Crippen molar-refractivity contribution >= 4 is 23.1 Å². The molecular formula is C15H11N3O2. The van der Waals surface area contributed by atoms with Crippen LogP contribution in [0.2, 0.25) is 0 Å². The largest absolute Gasteiger partial charge is 0.478 e. The van der Waals surface area contributed by atoms with Gasteiger partial charge >= 0.3 is 5.97 Å². The van der Waals surface area contributed by atoms with Crippen LogP contribution in [0.25, 0.3) is 0 Å². The monoisotopic (exact) mass is 265 g/mol. The number of carboxylic acid groups (broad SMARTS) is 1. The molecule has 0 saturated carbocycles. The molecule has 2 rings (SSSR count). The van der Waals surface area contributed by atoms with Crippen molar-refractivity contribution in [1.82, 2.24) is 0 Å². The number of nitrogens with one attached hydrogen (secondary N) is 2. The maximum absolute atomic E-state index is 10.8. The highest BCUT2D eigenvalue weighted by molar-refractivity contribution is 6.13. The normalized spacial score (nSPS) is 9.55. The number of hydrogen-bond donors (Lipinski definition) is 3. The van der Waals surface area contributed by atoms with E-state index in [9.17, 15) is 4.79 Å². The van der Waals surface area contributed by atoms with Crippen molar-refractivity contribution < 1.29 is 9.90 Å². The number of benzene rings is 2. The molecule has 98 valence electrons. The lowest BCUT2D eigenvalue weighted by atomic mass is 10.1. The molecule has 0 radical (unpaired) electrons. The lowest BCUT2D eigenvalue weighted by Gasteiger charge is -2.10. The number of aromatic carboxylic acids is 1. The lowest BCUT2D eigenvalue weighted by molar-refractivity contribution is 0.0697. The minimum absolute atomic E-state index is 0.129. The Bertz CT molecular complexity index is 700. The Morgan fingerprint density at radius 1 is 1.15 bits per heavy atom. The summed E-state index contributed by atoms with van der Waals surface area (Å²) in [6.07, 6.45) is 0. The molecule has 0 aromatic heterocycles. The van der Waals surface area contributed by atoms with Crippen LogP contribution >= 0.6 is 0 Å². The highest BCUT2D eigenvalue weighted by atomic mass is 16.4. The molecule has 2 aromatic carbocycles. The Kier molecular flexibility index (Phi) is 3.77. The van der Waals surface area contributed by atoms with Crippen LogP contribution in [0.5, 0.6) is 0 Å². The zero-order chi connectivity index (χ0) is 14.5. The molecule has 0 unspecified atom stereocenters. The summed E-state index contributed by atoms with van der Waals surface area (Å²) in [5.41, 5.74) is 1.89. The average Bonchev–Trinajstić information content (AvgIpc) is 2.47. The van der Waals surface area contributed by atoms with Gasteiger partial charge in [0.25, 0.3) is 0 Å². The molecular weight excluding hydrogens is 254 g/mol. The fourth-order valence-electron chi connectivity index (χ4n) is 1.72. The second-order valence-electron chi connectivity index (χ2n) is 4.04. The first-order chi connectivity index (χ1) is 9.61. The molecule has 0 aliphatic carbocycles. The third kappa shape index (κ3) is 2.82. The van der Waals surface area contributed by atoms with Crippen LogP contribution in [0.15, 0.2) is 48.5 Å². The Morgan fingerprint density at radius 3 is 2.40 bits per heavy atom. The second kappa shape index (κ2) is 5.67. The third-order valence-corrected chi connectivity index (χ3v) is 2.72. The first-order valence-corrected chi connectivity index (χ1v) is 5.80. The minimum atomic E-state index is -0.983. The molecule has 20 heavy (non-hydrogen) atoms. The van der Waals surface area contributed by atoms with Crippen LogP contribution in [-0.2, 0) is 0 Å². The molecule has 0 aliphatic rings. The average molecular weight is 265 g/mol. The van der Waals surface area contributed by atoms with Gasteiger partial charge in [0.1, 0.15) is 11.8 Å². The molecule has 0 atom stereocenters. The molecule has 0 aliphatic heterocycles. The zero-order valence-corrected chi connectivity index (χ0v) is 10.4. The van der Waals surface area contributed by atoms with Crippen molar-refractivity contribution in [3.63, 3.8) is 0 Å². The Hall–Kier alpha value is -3.13. The fraction of sp³-hybridized carbons (Fsp3) is 0. The first-order valence-electron chi connectivity index (χ1n) is 5.80. The van der Waals surface area contributed by atoms with E-state index in [0.717, 1.165) is 0 Å².